The first-order valence-corrected chi connectivity index (χ1v) is 9.19. The summed E-state index contributed by atoms with van der Waals surface area (Å²) < 4.78 is 18.0. The van der Waals surface area contributed by atoms with Gasteiger partial charge in [-0.3, -0.25) is 0 Å². The summed E-state index contributed by atoms with van der Waals surface area (Å²) in [5.41, 5.74) is 1.37. The third kappa shape index (κ3) is 3.35. The number of hydrogen-bond acceptors (Lipinski definition) is 3. The van der Waals surface area contributed by atoms with E-state index in [0.29, 0.717) is 25.2 Å². The van der Waals surface area contributed by atoms with Crippen molar-refractivity contribution in [1.82, 2.24) is 0 Å². The fraction of sp³-hybridized carbons (Fsp3) is 0.545. The Morgan fingerprint density at radius 1 is 1.16 bits per heavy atom. The summed E-state index contributed by atoms with van der Waals surface area (Å²) in [5.74, 6) is 2.16. The summed E-state index contributed by atoms with van der Waals surface area (Å²) in [6, 6.07) is 6.12. The standard InChI is InChI=1S/C22H30O3/c1-6-12-23-17-9-8-16(18(15-17)24-13-7-2)14-19-21(3,4)20-10-11-22(19,5)25-20/h6-9,15,19-20H,1-2,10-14H2,3-5H3/t19-,20-,22+/m1/s1. The average molecular weight is 342 g/mol. The van der Waals surface area contributed by atoms with Crippen molar-refractivity contribution in [1.29, 1.82) is 0 Å². The van der Waals surface area contributed by atoms with Crippen LogP contribution < -0.4 is 9.47 Å². The van der Waals surface area contributed by atoms with Gasteiger partial charge in [-0.2, -0.15) is 0 Å². The Kier molecular flexibility index (Phi) is 4.97. The van der Waals surface area contributed by atoms with Crippen molar-refractivity contribution in [2.24, 2.45) is 11.3 Å². The molecular formula is C22H30O3. The van der Waals surface area contributed by atoms with Crippen LogP contribution >= 0.6 is 0 Å². The summed E-state index contributed by atoms with van der Waals surface area (Å²) in [5, 5.41) is 0. The molecule has 0 radical (unpaired) electrons. The number of rotatable bonds is 8. The van der Waals surface area contributed by atoms with Crippen molar-refractivity contribution < 1.29 is 14.2 Å². The summed E-state index contributed by atoms with van der Waals surface area (Å²) >= 11 is 0. The molecule has 0 aromatic heterocycles. The summed E-state index contributed by atoms with van der Waals surface area (Å²) in [4.78, 5) is 0. The second kappa shape index (κ2) is 6.87. The molecule has 1 aromatic carbocycles. The molecule has 0 N–H and O–H groups in total. The van der Waals surface area contributed by atoms with E-state index in [9.17, 15) is 0 Å². The number of hydrogen-bond donors (Lipinski definition) is 0. The molecule has 25 heavy (non-hydrogen) atoms. The van der Waals surface area contributed by atoms with E-state index >= 15 is 0 Å². The fourth-order valence-electron chi connectivity index (χ4n) is 4.58. The molecule has 2 saturated heterocycles. The second-order valence-corrected chi connectivity index (χ2v) is 8.00. The summed E-state index contributed by atoms with van der Waals surface area (Å²) in [6.07, 6.45) is 7.16. The lowest BCUT2D eigenvalue weighted by atomic mass is 9.62. The summed E-state index contributed by atoms with van der Waals surface area (Å²) in [6.45, 7) is 15.4. The van der Waals surface area contributed by atoms with E-state index in [0.717, 1.165) is 24.3 Å². The Hall–Kier alpha value is -1.74. The van der Waals surface area contributed by atoms with Gasteiger partial charge in [0.1, 0.15) is 24.7 Å². The van der Waals surface area contributed by atoms with Gasteiger partial charge in [-0.05, 0) is 49.1 Å². The third-order valence-corrected chi connectivity index (χ3v) is 5.97. The van der Waals surface area contributed by atoms with Crippen molar-refractivity contribution >= 4 is 0 Å². The molecule has 3 heteroatoms. The lowest BCUT2D eigenvalue weighted by Gasteiger charge is -2.39. The Bertz CT molecular complexity index is 644. The molecule has 0 spiro atoms. The van der Waals surface area contributed by atoms with Crippen molar-refractivity contribution in [3.8, 4) is 11.5 Å². The molecule has 0 saturated carbocycles. The first kappa shape index (κ1) is 18.1. The maximum atomic E-state index is 6.36. The topological polar surface area (TPSA) is 27.7 Å². The van der Waals surface area contributed by atoms with E-state index in [1.807, 2.05) is 12.1 Å². The maximum Gasteiger partial charge on any atom is 0.126 e. The van der Waals surface area contributed by atoms with Crippen LogP contribution in [0.25, 0.3) is 0 Å². The SMILES string of the molecule is C=CCOc1ccc(C[C@@H]2C(C)(C)[C@H]3CC[C@]2(C)O3)c(OCC=C)c1. The molecule has 2 bridgehead atoms. The minimum atomic E-state index is -0.0259. The van der Waals surface area contributed by atoms with E-state index in [2.05, 4.69) is 40.0 Å². The van der Waals surface area contributed by atoms with Gasteiger partial charge in [0.15, 0.2) is 0 Å². The quantitative estimate of drug-likeness (QED) is 0.626. The average Bonchev–Trinajstić information content (AvgIpc) is 3.07. The van der Waals surface area contributed by atoms with E-state index < -0.39 is 0 Å². The number of benzene rings is 1. The van der Waals surface area contributed by atoms with Crippen LogP contribution in [0.2, 0.25) is 0 Å². The minimum Gasteiger partial charge on any atom is -0.489 e. The van der Waals surface area contributed by atoms with Gasteiger partial charge < -0.3 is 14.2 Å². The number of ether oxygens (including phenoxy) is 3. The van der Waals surface area contributed by atoms with Crippen molar-refractivity contribution in [2.75, 3.05) is 13.2 Å². The predicted octanol–water partition coefficient (Wildman–Crippen LogP) is 4.95. The minimum absolute atomic E-state index is 0.0259. The van der Waals surface area contributed by atoms with Crippen molar-refractivity contribution in [2.45, 2.75) is 51.7 Å². The van der Waals surface area contributed by atoms with E-state index in [1.165, 1.54) is 12.0 Å². The molecular weight excluding hydrogens is 312 g/mol. The highest BCUT2D eigenvalue weighted by atomic mass is 16.5. The van der Waals surface area contributed by atoms with Crippen molar-refractivity contribution in [3.05, 3.63) is 49.1 Å². The van der Waals surface area contributed by atoms with E-state index in [1.54, 1.807) is 12.2 Å². The molecule has 2 fully saturated rings. The van der Waals surface area contributed by atoms with Crippen LogP contribution in [0.1, 0.15) is 39.2 Å². The molecule has 2 aliphatic rings. The Morgan fingerprint density at radius 3 is 2.52 bits per heavy atom. The van der Waals surface area contributed by atoms with Gasteiger partial charge in [-0.1, -0.05) is 45.2 Å². The zero-order valence-corrected chi connectivity index (χ0v) is 15.7. The normalized spacial score (nSPS) is 29.4. The molecule has 2 aliphatic heterocycles. The van der Waals surface area contributed by atoms with Gasteiger partial charge >= 0.3 is 0 Å². The van der Waals surface area contributed by atoms with Gasteiger partial charge in [0, 0.05) is 6.07 Å². The van der Waals surface area contributed by atoms with Gasteiger partial charge in [0.05, 0.1) is 11.7 Å². The van der Waals surface area contributed by atoms with Crippen LogP contribution in [0.4, 0.5) is 0 Å². The smallest absolute Gasteiger partial charge is 0.126 e. The molecule has 3 rings (SSSR count). The van der Waals surface area contributed by atoms with Gasteiger partial charge in [-0.15, -0.1) is 0 Å². The van der Waals surface area contributed by atoms with Crippen LogP contribution in [-0.4, -0.2) is 24.9 Å². The number of fused-ring (bicyclic) bond motifs is 2. The first-order valence-electron chi connectivity index (χ1n) is 9.19. The lowest BCUT2D eigenvalue weighted by Crippen LogP contribution is -2.41. The van der Waals surface area contributed by atoms with E-state index in [4.69, 9.17) is 14.2 Å². The predicted molar refractivity (Wildman–Crippen MR) is 101 cm³/mol. The molecule has 136 valence electrons. The summed E-state index contributed by atoms with van der Waals surface area (Å²) in [7, 11) is 0. The molecule has 0 aliphatic carbocycles. The van der Waals surface area contributed by atoms with Crippen LogP contribution in [-0.2, 0) is 11.2 Å². The van der Waals surface area contributed by atoms with Gasteiger partial charge in [-0.25, -0.2) is 0 Å². The second-order valence-electron chi connectivity index (χ2n) is 8.00. The highest BCUT2D eigenvalue weighted by Crippen LogP contribution is 2.58. The largest absolute Gasteiger partial charge is 0.489 e. The zero-order chi connectivity index (χ0) is 18.1. The first-order chi connectivity index (χ1) is 11.9. The molecule has 3 nitrogen and oxygen atoms in total. The molecule has 3 atom stereocenters. The fourth-order valence-corrected chi connectivity index (χ4v) is 4.58. The maximum absolute atomic E-state index is 6.36. The highest BCUT2D eigenvalue weighted by molar-refractivity contribution is 5.42. The van der Waals surface area contributed by atoms with Crippen LogP contribution in [0.3, 0.4) is 0 Å². The van der Waals surface area contributed by atoms with Crippen LogP contribution in [0.15, 0.2) is 43.5 Å². The molecule has 2 heterocycles. The van der Waals surface area contributed by atoms with Gasteiger partial charge in [0.2, 0.25) is 0 Å². The Labute approximate surface area is 151 Å². The zero-order valence-electron chi connectivity index (χ0n) is 15.7. The van der Waals surface area contributed by atoms with Crippen molar-refractivity contribution in [3.63, 3.8) is 0 Å². The molecule has 0 amide bonds. The van der Waals surface area contributed by atoms with Crippen LogP contribution in [0, 0.1) is 11.3 Å². The van der Waals surface area contributed by atoms with Gasteiger partial charge in [0.25, 0.3) is 0 Å². The van der Waals surface area contributed by atoms with Crippen LogP contribution in [0.5, 0.6) is 11.5 Å². The monoisotopic (exact) mass is 342 g/mol. The lowest BCUT2D eigenvalue weighted by molar-refractivity contribution is 0.00593. The molecule has 0 unspecified atom stereocenters. The Morgan fingerprint density at radius 2 is 1.88 bits per heavy atom. The molecule has 1 aromatic rings. The van der Waals surface area contributed by atoms with E-state index in [-0.39, 0.29) is 11.0 Å². The Balaban J connectivity index is 1.85. The third-order valence-electron chi connectivity index (χ3n) is 5.97. The highest BCUT2D eigenvalue weighted by Gasteiger charge is 2.60.